The first-order valence-corrected chi connectivity index (χ1v) is 9.60. The topological polar surface area (TPSA) is 75.7 Å². The van der Waals surface area contributed by atoms with Crippen molar-refractivity contribution in [2.45, 2.75) is 52.5 Å². The van der Waals surface area contributed by atoms with Crippen molar-refractivity contribution in [3.05, 3.63) is 29.8 Å². The lowest BCUT2D eigenvalue weighted by Gasteiger charge is -2.39. The average molecular weight is 374 g/mol. The molecule has 3 unspecified atom stereocenters. The molecule has 6 nitrogen and oxygen atoms in total. The first-order chi connectivity index (χ1) is 12.8. The van der Waals surface area contributed by atoms with E-state index in [1.165, 1.54) is 20.5 Å². The minimum Gasteiger partial charge on any atom is -0.469 e. The minimum absolute atomic E-state index is 0.0998. The molecule has 0 radical (unpaired) electrons. The lowest BCUT2D eigenvalue weighted by molar-refractivity contribution is -0.145. The van der Waals surface area contributed by atoms with Crippen molar-refractivity contribution in [2.24, 2.45) is 11.8 Å². The number of benzene rings is 1. The van der Waals surface area contributed by atoms with Gasteiger partial charge in [-0.15, -0.1) is 0 Å². The largest absolute Gasteiger partial charge is 0.469 e. The van der Waals surface area contributed by atoms with Crippen molar-refractivity contribution in [1.82, 2.24) is 4.90 Å². The van der Waals surface area contributed by atoms with Gasteiger partial charge in [0.1, 0.15) is 0 Å². The van der Waals surface area contributed by atoms with Crippen molar-refractivity contribution < 1.29 is 19.1 Å². The van der Waals surface area contributed by atoms with Crippen LogP contribution in [0.1, 0.15) is 56.8 Å². The fourth-order valence-electron chi connectivity index (χ4n) is 3.80. The first-order valence-electron chi connectivity index (χ1n) is 9.60. The SMILES string of the molecule is COC(=O)C(C)CN(C(=O)c1cccc(NC(C)=O)c1)C1CCCCC1C. The molecule has 6 heteroatoms. The molecule has 0 aliphatic heterocycles. The Bertz CT molecular complexity index is 689. The summed E-state index contributed by atoms with van der Waals surface area (Å²) < 4.78 is 4.85. The number of hydrogen-bond donors (Lipinski definition) is 1. The molecule has 0 aromatic heterocycles. The maximum atomic E-state index is 13.3. The number of anilines is 1. The van der Waals surface area contributed by atoms with E-state index < -0.39 is 5.92 Å². The molecule has 2 amide bonds. The summed E-state index contributed by atoms with van der Waals surface area (Å²) in [5.74, 6) is -0.630. The minimum atomic E-state index is -0.397. The first kappa shape index (κ1) is 20.9. The number of hydrogen-bond acceptors (Lipinski definition) is 4. The summed E-state index contributed by atoms with van der Waals surface area (Å²) in [7, 11) is 1.37. The summed E-state index contributed by atoms with van der Waals surface area (Å²) in [5.41, 5.74) is 1.10. The fraction of sp³-hybridized carbons (Fsp3) is 0.571. The second kappa shape index (κ2) is 9.53. The predicted molar refractivity (Wildman–Crippen MR) is 104 cm³/mol. The highest BCUT2D eigenvalue weighted by Gasteiger charge is 2.33. The molecule has 0 saturated heterocycles. The monoisotopic (exact) mass is 374 g/mol. The lowest BCUT2D eigenvalue weighted by atomic mass is 9.84. The summed E-state index contributed by atoms with van der Waals surface area (Å²) in [4.78, 5) is 38.4. The van der Waals surface area contributed by atoms with E-state index in [1.807, 2.05) is 4.90 Å². The van der Waals surface area contributed by atoms with E-state index in [-0.39, 0.29) is 23.8 Å². The predicted octanol–water partition coefficient (Wildman–Crippen LogP) is 3.48. The summed E-state index contributed by atoms with van der Waals surface area (Å²) in [6, 6.07) is 7.04. The molecular weight excluding hydrogens is 344 g/mol. The Balaban J connectivity index is 2.29. The van der Waals surface area contributed by atoms with Gasteiger partial charge in [0.15, 0.2) is 0 Å². The highest BCUT2D eigenvalue weighted by molar-refractivity contribution is 5.97. The molecule has 1 aliphatic rings. The maximum Gasteiger partial charge on any atom is 0.310 e. The third-order valence-corrected chi connectivity index (χ3v) is 5.23. The second-order valence-corrected chi connectivity index (χ2v) is 7.47. The van der Waals surface area contributed by atoms with Crippen LogP contribution in [0.5, 0.6) is 0 Å². The summed E-state index contributed by atoms with van der Waals surface area (Å²) in [6.45, 7) is 5.71. The Hall–Kier alpha value is -2.37. The number of ether oxygens (including phenoxy) is 1. The second-order valence-electron chi connectivity index (χ2n) is 7.47. The molecule has 1 saturated carbocycles. The van der Waals surface area contributed by atoms with Crippen LogP contribution in [0, 0.1) is 11.8 Å². The maximum absolute atomic E-state index is 13.3. The van der Waals surface area contributed by atoms with Crippen LogP contribution in [0.4, 0.5) is 5.69 Å². The van der Waals surface area contributed by atoms with Crippen molar-refractivity contribution in [3.8, 4) is 0 Å². The molecule has 2 rings (SSSR count). The van der Waals surface area contributed by atoms with Gasteiger partial charge in [-0.2, -0.15) is 0 Å². The van der Waals surface area contributed by atoms with Crippen molar-refractivity contribution in [2.75, 3.05) is 19.0 Å². The number of carbonyl (C=O) groups excluding carboxylic acids is 3. The number of carbonyl (C=O) groups is 3. The van der Waals surface area contributed by atoms with E-state index in [2.05, 4.69) is 12.2 Å². The fourth-order valence-corrected chi connectivity index (χ4v) is 3.80. The zero-order valence-electron chi connectivity index (χ0n) is 16.7. The highest BCUT2D eigenvalue weighted by atomic mass is 16.5. The standard InChI is InChI=1S/C21H30N2O4/c1-14-8-5-6-11-19(14)23(13-15(2)21(26)27-4)20(25)17-9-7-10-18(12-17)22-16(3)24/h7,9-10,12,14-15,19H,5-6,8,11,13H2,1-4H3,(H,22,24). The molecule has 1 aromatic carbocycles. The Labute approximate surface area is 161 Å². The molecule has 0 bridgehead atoms. The van der Waals surface area contributed by atoms with Gasteiger partial charge in [0.2, 0.25) is 5.91 Å². The van der Waals surface area contributed by atoms with Gasteiger partial charge in [-0.25, -0.2) is 0 Å². The molecule has 0 spiro atoms. The summed E-state index contributed by atoms with van der Waals surface area (Å²) in [5, 5.41) is 2.71. The van der Waals surface area contributed by atoms with Crippen LogP contribution in [-0.2, 0) is 14.3 Å². The van der Waals surface area contributed by atoms with Crippen LogP contribution >= 0.6 is 0 Å². The van der Waals surface area contributed by atoms with Gasteiger partial charge in [-0.05, 0) is 37.0 Å². The van der Waals surface area contributed by atoms with Crippen molar-refractivity contribution in [3.63, 3.8) is 0 Å². The van der Waals surface area contributed by atoms with Crippen molar-refractivity contribution >= 4 is 23.5 Å². The van der Waals surface area contributed by atoms with Gasteiger partial charge in [-0.3, -0.25) is 14.4 Å². The molecular formula is C21H30N2O4. The van der Waals surface area contributed by atoms with Crippen LogP contribution in [0.3, 0.4) is 0 Å². The number of rotatable bonds is 6. The molecule has 1 N–H and O–H groups in total. The number of amides is 2. The third-order valence-electron chi connectivity index (χ3n) is 5.23. The molecule has 148 valence electrons. The Kier molecular flexibility index (Phi) is 7.39. The molecule has 3 atom stereocenters. The molecule has 0 heterocycles. The normalized spacial score (nSPS) is 20.4. The van der Waals surface area contributed by atoms with Gasteiger partial charge in [0.25, 0.3) is 5.91 Å². The summed E-state index contributed by atoms with van der Waals surface area (Å²) >= 11 is 0. The van der Waals surface area contributed by atoms with Crippen LogP contribution in [0.2, 0.25) is 0 Å². The third kappa shape index (κ3) is 5.55. The van der Waals surface area contributed by atoms with Crippen LogP contribution in [-0.4, -0.2) is 42.4 Å². The smallest absolute Gasteiger partial charge is 0.310 e. The van der Waals surface area contributed by atoms with Gasteiger partial charge >= 0.3 is 5.97 Å². The van der Waals surface area contributed by atoms with E-state index in [9.17, 15) is 14.4 Å². The molecule has 27 heavy (non-hydrogen) atoms. The average Bonchev–Trinajstić information content (AvgIpc) is 2.65. The van der Waals surface area contributed by atoms with Gasteiger partial charge in [0.05, 0.1) is 13.0 Å². The Morgan fingerprint density at radius 2 is 1.96 bits per heavy atom. The summed E-state index contributed by atoms with van der Waals surface area (Å²) in [6.07, 6.45) is 4.26. The number of nitrogens with zero attached hydrogens (tertiary/aromatic N) is 1. The Morgan fingerprint density at radius 3 is 2.59 bits per heavy atom. The lowest BCUT2D eigenvalue weighted by Crippen LogP contribution is -2.48. The molecule has 1 aliphatic carbocycles. The van der Waals surface area contributed by atoms with Crippen molar-refractivity contribution in [1.29, 1.82) is 0 Å². The molecule has 1 fully saturated rings. The Morgan fingerprint density at radius 1 is 1.26 bits per heavy atom. The molecule has 1 aromatic rings. The van der Waals surface area contributed by atoms with Gasteiger partial charge < -0.3 is 15.0 Å². The zero-order chi connectivity index (χ0) is 20.0. The highest BCUT2D eigenvalue weighted by Crippen LogP contribution is 2.30. The van der Waals surface area contributed by atoms with Crippen LogP contribution < -0.4 is 5.32 Å². The van der Waals surface area contributed by atoms with E-state index in [0.717, 1.165) is 19.3 Å². The zero-order valence-corrected chi connectivity index (χ0v) is 16.7. The van der Waals surface area contributed by atoms with Gasteiger partial charge in [-0.1, -0.05) is 32.8 Å². The van der Waals surface area contributed by atoms with E-state index in [0.29, 0.717) is 23.7 Å². The van der Waals surface area contributed by atoms with Crippen LogP contribution in [0.15, 0.2) is 24.3 Å². The van der Waals surface area contributed by atoms with Gasteiger partial charge in [0, 0.05) is 30.8 Å². The van der Waals surface area contributed by atoms with E-state index in [1.54, 1.807) is 31.2 Å². The number of methoxy groups -OCH3 is 1. The van der Waals surface area contributed by atoms with E-state index in [4.69, 9.17) is 4.74 Å². The van der Waals surface area contributed by atoms with Crippen LogP contribution in [0.25, 0.3) is 0 Å². The number of nitrogens with one attached hydrogen (secondary N) is 1. The quantitative estimate of drug-likeness (QED) is 0.774. The number of esters is 1. The van der Waals surface area contributed by atoms with E-state index >= 15 is 0 Å².